The second-order valence-corrected chi connectivity index (χ2v) is 8.60. The Morgan fingerprint density at radius 1 is 0.968 bits per heavy atom. The van der Waals surface area contributed by atoms with Crippen molar-refractivity contribution < 1.29 is 9.59 Å². The van der Waals surface area contributed by atoms with Gasteiger partial charge in [-0.2, -0.15) is 0 Å². The molecule has 1 aromatic heterocycles. The molecule has 156 valence electrons. The van der Waals surface area contributed by atoms with Crippen LogP contribution < -0.4 is 10.2 Å². The summed E-state index contributed by atoms with van der Waals surface area (Å²) >= 11 is 0. The highest BCUT2D eigenvalue weighted by Crippen LogP contribution is 2.49. The summed E-state index contributed by atoms with van der Waals surface area (Å²) in [7, 11) is 0. The number of rotatable bonds is 4. The number of hydrogen-bond acceptors (Lipinski definition) is 3. The van der Waals surface area contributed by atoms with Gasteiger partial charge < -0.3 is 5.32 Å². The van der Waals surface area contributed by atoms with E-state index in [-0.39, 0.29) is 11.8 Å². The Balaban J connectivity index is 1.98. The van der Waals surface area contributed by atoms with Gasteiger partial charge in [0.25, 0.3) is 11.8 Å². The van der Waals surface area contributed by atoms with Crippen molar-refractivity contribution in [2.75, 3.05) is 4.90 Å². The van der Waals surface area contributed by atoms with E-state index in [1.165, 1.54) is 0 Å². The molecule has 1 atom stereocenters. The maximum atomic E-state index is 13.9. The molecule has 1 aliphatic heterocycles. The summed E-state index contributed by atoms with van der Waals surface area (Å²) in [5.41, 5.74) is 0.765. The summed E-state index contributed by atoms with van der Waals surface area (Å²) < 4.78 is 0. The zero-order chi connectivity index (χ0) is 22.1. The first-order chi connectivity index (χ1) is 14.8. The zero-order valence-electron chi connectivity index (χ0n) is 17.9. The molecular formula is C26H25N3O2. The Labute approximate surface area is 182 Å². The number of hydrogen-bond donors (Lipinski definition) is 1. The molecule has 0 unspecified atom stereocenters. The molecule has 1 aliphatic rings. The van der Waals surface area contributed by atoms with Crippen LogP contribution in [0, 0.1) is 0 Å². The van der Waals surface area contributed by atoms with Gasteiger partial charge in [0.15, 0.2) is 5.54 Å². The van der Waals surface area contributed by atoms with Crippen molar-refractivity contribution in [1.82, 2.24) is 10.3 Å². The summed E-state index contributed by atoms with van der Waals surface area (Å²) in [5, 5.41) is 3.10. The van der Waals surface area contributed by atoms with Crippen LogP contribution >= 0.6 is 0 Å². The Morgan fingerprint density at radius 3 is 2.19 bits per heavy atom. The number of aromatic nitrogens is 1. The molecule has 5 heteroatoms. The lowest BCUT2D eigenvalue weighted by atomic mass is 9.71. The van der Waals surface area contributed by atoms with E-state index in [1.807, 2.05) is 87.5 Å². The predicted octanol–water partition coefficient (Wildman–Crippen LogP) is 4.32. The van der Waals surface area contributed by atoms with Crippen molar-refractivity contribution in [3.8, 4) is 0 Å². The van der Waals surface area contributed by atoms with Gasteiger partial charge in [-0.3, -0.25) is 19.5 Å². The molecule has 0 aliphatic carbocycles. The predicted molar refractivity (Wildman–Crippen MR) is 122 cm³/mol. The van der Waals surface area contributed by atoms with Crippen LogP contribution in [0.25, 0.3) is 6.08 Å². The summed E-state index contributed by atoms with van der Waals surface area (Å²) in [4.78, 5) is 33.2. The highest BCUT2D eigenvalue weighted by atomic mass is 16.2. The smallest absolute Gasteiger partial charge is 0.259 e. The fourth-order valence-corrected chi connectivity index (χ4v) is 3.91. The van der Waals surface area contributed by atoms with E-state index in [2.05, 4.69) is 10.3 Å². The molecule has 5 nitrogen and oxygen atoms in total. The number of pyridine rings is 1. The van der Waals surface area contributed by atoms with E-state index in [9.17, 15) is 9.59 Å². The van der Waals surface area contributed by atoms with Crippen molar-refractivity contribution in [2.45, 2.75) is 31.8 Å². The van der Waals surface area contributed by atoms with Gasteiger partial charge in [-0.1, -0.05) is 54.6 Å². The van der Waals surface area contributed by atoms with Gasteiger partial charge in [0, 0.05) is 29.2 Å². The maximum Gasteiger partial charge on any atom is 0.259 e. The molecule has 0 saturated carbocycles. The molecule has 2 heterocycles. The Hall–Kier alpha value is -3.73. The average Bonchev–Trinajstić information content (AvgIpc) is 2.76. The molecular weight excluding hydrogens is 386 g/mol. The second-order valence-electron chi connectivity index (χ2n) is 8.60. The van der Waals surface area contributed by atoms with Gasteiger partial charge in [0.2, 0.25) is 0 Å². The quantitative estimate of drug-likeness (QED) is 0.514. The summed E-state index contributed by atoms with van der Waals surface area (Å²) in [6.45, 7) is 5.78. The van der Waals surface area contributed by atoms with E-state index in [0.717, 1.165) is 5.56 Å². The first kappa shape index (κ1) is 20.5. The van der Waals surface area contributed by atoms with Crippen LogP contribution in [-0.2, 0) is 15.1 Å². The molecule has 1 fully saturated rings. The van der Waals surface area contributed by atoms with Crippen molar-refractivity contribution in [2.24, 2.45) is 0 Å². The minimum atomic E-state index is -1.32. The topological polar surface area (TPSA) is 62.3 Å². The van der Waals surface area contributed by atoms with Gasteiger partial charge >= 0.3 is 0 Å². The number of carbonyl (C=O) groups is 2. The van der Waals surface area contributed by atoms with Crippen LogP contribution in [0.3, 0.4) is 0 Å². The Morgan fingerprint density at radius 2 is 1.61 bits per heavy atom. The lowest BCUT2D eigenvalue weighted by Crippen LogP contribution is -2.71. The van der Waals surface area contributed by atoms with Crippen molar-refractivity contribution in [3.63, 3.8) is 0 Å². The van der Waals surface area contributed by atoms with E-state index in [4.69, 9.17) is 0 Å². The van der Waals surface area contributed by atoms with Crippen LogP contribution in [0.5, 0.6) is 0 Å². The minimum Gasteiger partial charge on any atom is -0.349 e. The molecule has 2 aromatic carbocycles. The molecule has 0 bridgehead atoms. The van der Waals surface area contributed by atoms with E-state index >= 15 is 0 Å². The monoisotopic (exact) mass is 411 g/mol. The first-order valence-corrected chi connectivity index (χ1v) is 10.2. The second kappa shape index (κ2) is 7.84. The fourth-order valence-electron chi connectivity index (χ4n) is 3.91. The molecule has 4 rings (SSSR count). The molecule has 0 spiro atoms. The number of carbonyl (C=O) groups excluding carboxylic acids is 2. The third-order valence-corrected chi connectivity index (χ3v) is 5.18. The number of nitrogens with one attached hydrogen (secondary N) is 1. The van der Waals surface area contributed by atoms with Crippen LogP contribution in [0.2, 0.25) is 0 Å². The third-order valence-electron chi connectivity index (χ3n) is 5.18. The van der Waals surface area contributed by atoms with Crippen molar-refractivity contribution in [3.05, 3.63) is 102 Å². The summed E-state index contributed by atoms with van der Waals surface area (Å²) in [5.74, 6) is -0.471. The maximum absolute atomic E-state index is 13.9. The minimum absolute atomic E-state index is 0.206. The third kappa shape index (κ3) is 3.63. The standard InChI is InChI=1S/C26H25N3O2/c1-25(2,3)28-24(31)26(20-13-10-16-27-18-20)22(17-19-11-6-4-7-12-19)23(30)29(26)21-14-8-5-9-15-21/h4-18H,1-3H3,(H,28,31)/b22-17+/t26-/m0/s1. The number of nitrogens with zero attached hydrogens (tertiary/aromatic N) is 2. The van der Waals surface area contributed by atoms with E-state index in [1.54, 1.807) is 29.4 Å². The van der Waals surface area contributed by atoms with Gasteiger partial charge in [-0.05, 0) is 50.6 Å². The van der Waals surface area contributed by atoms with Crippen LogP contribution in [0.1, 0.15) is 31.9 Å². The highest BCUT2D eigenvalue weighted by molar-refractivity contribution is 6.27. The van der Waals surface area contributed by atoms with Gasteiger partial charge in [0.05, 0.1) is 5.57 Å². The SMILES string of the molecule is CC(C)(C)NC(=O)[C@]1(c2cccnc2)/C(=C/c2ccccc2)C(=O)N1c1ccccc1. The van der Waals surface area contributed by atoms with Crippen molar-refractivity contribution >= 4 is 23.6 Å². The number of benzene rings is 2. The largest absolute Gasteiger partial charge is 0.349 e. The lowest BCUT2D eigenvalue weighted by Gasteiger charge is -2.53. The van der Waals surface area contributed by atoms with E-state index in [0.29, 0.717) is 16.8 Å². The fraction of sp³-hybridized carbons (Fsp3) is 0.192. The number of amides is 2. The molecule has 31 heavy (non-hydrogen) atoms. The molecule has 0 radical (unpaired) electrons. The van der Waals surface area contributed by atoms with Crippen molar-refractivity contribution in [1.29, 1.82) is 0 Å². The Bertz CT molecular complexity index is 1120. The van der Waals surface area contributed by atoms with Crippen LogP contribution in [-0.4, -0.2) is 22.3 Å². The van der Waals surface area contributed by atoms with E-state index < -0.39 is 11.1 Å². The molecule has 1 saturated heterocycles. The van der Waals surface area contributed by atoms with Gasteiger partial charge in [-0.25, -0.2) is 0 Å². The Kier molecular flexibility index (Phi) is 5.19. The summed E-state index contributed by atoms with van der Waals surface area (Å²) in [6, 6.07) is 22.5. The number of para-hydroxylation sites is 1. The van der Waals surface area contributed by atoms with Crippen LogP contribution in [0.4, 0.5) is 5.69 Å². The zero-order valence-corrected chi connectivity index (χ0v) is 17.9. The normalized spacial score (nSPS) is 19.8. The molecule has 2 amide bonds. The van der Waals surface area contributed by atoms with Gasteiger partial charge in [-0.15, -0.1) is 0 Å². The number of β-lactam (4-membered cyclic amide) rings is 1. The highest BCUT2D eigenvalue weighted by Gasteiger charge is 2.63. The molecule has 1 N–H and O–H groups in total. The van der Waals surface area contributed by atoms with Crippen LogP contribution in [0.15, 0.2) is 90.8 Å². The summed E-state index contributed by atoms with van der Waals surface area (Å²) in [6.07, 6.45) is 5.12. The average molecular weight is 412 g/mol. The number of anilines is 1. The molecule has 3 aromatic rings. The lowest BCUT2D eigenvalue weighted by molar-refractivity contribution is -0.135. The van der Waals surface area contributed by atoms with Gasteiger partial charge in [0.1, 0.15) is 0 Å². The first-order valence-electron chi connectivity index (χ1n) is 10.2.